The van der Waals surface area contributed by atoms with Crippen LogP contribution in [0.15, 0.2) is 23.2 Å². The molecule has 1 aromatic carbocycles. The van der Waals surface area contributed by atoms with Crippen LogP contribution in [0, 0.1) is 17.1 Å². The van der Waals surface area contributed by atoms with Gasteiger partial charge in [0, 0.05) is 30.4 Å². The van der Waals surface area contributed by atoms with Crippen molar-refractivity contribution in [2.24, 2.45) is 4.99 Å². The van der Waals surface area contributed by atoms with Gasteiger partial charge in [0.05, 0.1) is 11.6 Å². The molecular formula is C17H24FIN4S. The molecule has 0 bridgehead atoms. The maximum atomic E-state index is 13.9. The maximum absolute atomic E-state index is 13.9. The molecule has 4 nitrogen and oxygen atoms in total. The van der Waals surface area contributed by atoms with Crippen LogP contribution in [-0.2, 0) is 6.54 Å². The minimum atomic E-state index is -0.368. The molecule has 132 valence electrons. The summed E-state index contributed by atoms with van der Waals surface area (Å²) in [5.41, 5.74) is 0.858. The van der Waals surface area contributed by atoms with Crippen LogP contribution in [0.4, 0.5) is 4.39 Å². The van der Waals surface area contributed by atoms with Crippen molar-refractivity contribution in [3.8, 4) is 6.07 Å². The molecule has 0 aliphatic heterocycles. The third kappa shape index (κ3) is 6.13. The highest BCUT2D eigenvalue weighted by atomic mass is 127. The van der Waals surface area contributed by atoms with Crippen molar-refractivity contribution in [2.75, 3.05) is 12.8 Å². The first-order valence-electron chi connectivity index (χ1n) is 7.93. The van der Waals surface area contributed by atoms with Gasteiger partial charge < -0.3 is 10.6 Å². The van der Waals surface area contributed by atoms with E-state index in [0.717, 1.165) is 23.8 Å². The Morgan fingerprint density at radius 1 is 1.46 bits per heavy atom. The summed E-state index contributed by atoms with van der Waals surface area (Å²) in [6.45, 7) is 2.54. The molecule has 1 fully saturated rings. The summed E-state index contributed by atoms with van der Waals surface area (Å²) in [6, 6.07) is 6.88. The summed E-state index contributed by atoms with van der Waals surface area (Å²) in [5, 5.41) is 16.1. The van der Waals surface area contributed by atoms with Gasteiger partial charge in [-0.2, -0.15) is 17.0 Å². The Balaban J connectivity index is 0.00000288. The molecule has 0 radical (unpaired) electrons. The molecule has 2 unspecified atom stereocenters. The molecule has 0 saturated heterocycles. The Morgan fingerprint density at radius 3 is 2.88 bits per heavy atom. The summed E-state index contributed by atoms with van der Waals surface area (Å²) in [5.74, 6) is 1.48. The van der Waals surface area contributed by atoms with E-state index < -0.39 is 0 Å². The molecule has 2 rings (SSSR count). The summed E-state index contributed by atoms with van der Waals surface area (Å²) in [4.78, 5) is 4.21. The second kappa shape index (κ2) is 10.8. The van der Waals surface area contributed by atoms with E-state index in [1.165, 1.54) is 12.5 Å². The number of hydrogen-bond acceptors (Lipinski definition) is 3. The molecule has 2 atom stereocenters. The van der Waals surface area contributed by atoms with Crippen LogP contribution in [-0.4, -0.2) is 30.1 Å². The summed E-state index contributed by atoms with van der Waals surface area (Å²) < 4.78 is 13.9. The second-order valence-corrected chi connectivity index (χ2v) is 7.15. The van der Waals surface area contributed by atoms with Crippen molar-refractivity contribution >= 4 is 41.7 Å². The quantitative estimate of drug-likeness (QED) is 0.399. The van der Waals surface area contributed by atoms with Crippen LogP contribution < -0.4 is 10.6 Å². The van der Waals surface area contributed by atoms with E-state index >= 15 is 0 Å². The number of nitrogens with zero attached hydrogens (tertiary/aromatic N) is 2. The fourth-order valence-corrected chi connectivity index (χ4v) is 3.93. The monoisotopic (exact) mass is 462 g/mol. The van der Waals surface area contributed by atoms with Crippen LogP contribution in [0.1, 0.15) is 37.3 Å². The van der Waals surface area contributed by atoms with Crippen LogP contribution in [0.2, 0.25) is 0 Å². The minimum absolute atomic E-state index is 0. The second-order valence-electron chi connectivity index (χ2n) is 5.58. The van der Waals surface area contributed by atoms with Crippen molar-refractivity contribution in [3.63, 3.8) is 0 Å². The summed E-state index contributed by atoms with van der Waals surface area (Å²) >= 11 is 2.02. The third-order valence-electron chi connectivity index (χ3n) is 3.98. The average molecular weight is 462 g/mol. The number of thioether (sulfide) groups is 1. The predicted molar refractivity (Wildman–Crippen MR) is 109 cm³/mol. The van der Waals surface area contributed by atoms with Gasteiger partial charge in [-0.05, 0) is 37.1 Å². The maximum Gasteiger partial charge on any atom is 0.191 e. The lowest BCUT2D eigenvalue weighted by Gasteiger charge is -2.17. The standard InChI is InChI=1S/C17H23FN4S.HI/c1-3-23-15-7-6-14(9-15)22-17(20-2)21-11-13-5-4-12(10-19)8-16(13)18;/h4-5,8,14-15H,3,6-7,9,11H2,1-2H3,(H2,20,21,22);1H. The average Bonchev–Trinajstić information content (AvgIpc) is 2.99. The zero-order chi connectivity index (χ0) is 16.7. The lowest BCUT2D eigenvalue weighted by Crippen LogP contribution is -2.42. The number of hydrogen-bond donors (Lipinski definition) is 2. The fraction of sp³-hybridized carbons (Fsp3) is 0.529. The fourth-order valence-electron chi connectivity index (χ4n) is 2.79. The van der Waals surface area contributed by atoms with Gasteiger partial charge in [-0.1, -0.05) is 13.0 Å². The van der Waals surface area contributed by atoms with Crippen LogP contribution >= 0.6 is 35.7 Å². The van der Waals surface area contributed by atoms with Crippen molar-refractivity contribution in [2.45, 2.75) is 44.0 Å². The third-order valence-corrected chi connectivity index (χ3v) is 5.21. The molecule has 0 spiro atoms. The van der Waals surface area contributed by atoms with Crippen LogP contribution in [0.3, 0.4) is 0 Å². The normalized spacial score (nSPS) is 20.2. The van der Waals surface area contributed by atoms with Gasteiger partial charge in [0.15, 0.2) is 5.96 Å². The molecular weight excluding hydrogens is 438 g/mol. The van der Waals surface area contributed by atoms with Gasteiger partial charge in [-0.25, -0.2) is 4.39 Å². The minimum Gasteiger partial charge on any atom is -0.354 e. The zero-order valence-electron chi connectivity index (χ0n) is 14.0. The number of halogens is 2. The highest BCUT2D eigenvalue weighted by molar-refractivity contribution is 14.0. The van der Waals surface area contributed by atoms with E-state index in [1.807, 2.05) is 17.8 Å². The Labute approximate surface area is 164 Å². The lowest BCUT2D eigenvalue weighted by molar-refractivity contribution is 0.594. The van der Waals surface area contributed by atoms with Crippen molar-refractivity contribution in [1.29, 1.82) is 5.26 Å². The van der Waals surface area contributed by atoms with E-state index in [4.69, 9.17) is 5.26 Å². The van der Waals surface area contributed by atoms with Gasteiger partial charge in [-0.15, -0.1) is 24.0 Å². The molecule has 1 saturated carbocycles. The van der Waals surface area contributed by atoms with Crippen LogP contribution in [0.25, 0.3) is 0 Å². The first kappa shape index (κ1) is 21.0. The van der Waals surface area contributed by atoms with Crippen molar-refractivity contribution in [3.05, 3.63) is 35.1 Å². The smallest absolute Gasteiger partial charge is 0.191 e. The molecule has 7 heteroatoms. The predicted octanol–water partition coefficient (Wildman–Crippen LogP) is 3.65. The highest BCUT2D eigenvalue weighted by Gasteiger charge is 2.25. The van der Waals surface area contributed by atoms with Gasteiger partial charge in [0.25, 0.3) is 0 Å². The van der Waals surface area contributed by atoms with E-state index in [2.05, 4.69) is 22.5 Å². The van der Waals surface area contributed by atoms with Gasteiger partial charge >= 0.3 is 0 Å². The molecule has 24 heavy (non-hydrogen) atoms. The number of guanidine groups is 1. The highest BCUT2D eigenvalue weighted by Crippen LogP contribution is 2.29. The van der Waals surface area contributed by atoms with E-state index in [9.17, 15) is 4.39 Å². The SMILES string of the molecule is CCSC1CCC(NC(=NC)NCc2ccc(C#N)cc2F)C1.I. The van der Waals surface area contributed by atoms with E-state index in [1.54, 1.807) is 19.2 Å². The number of aliphatic imine (C=N–C) groups is 1. The molecule has 1 aliphatic rings. The van der Waals surface area contributed by atoms with Gasteiger partial charge in [0.2, 0.25) is 0 Å². The first-order chi connectivity index (χ1) is 11.2. The molecule has 1 aliphatic carbocycles. The Kier molecular flexibility index (Phi) is 9.44. The molecule has 1 aromatic rings. The molecule has 2 N–H and O–H groups in total. The van der Waals surface area contributed by atoms with Crippen molar-refractivity contribution < 1.29 is 4.39 Å². The number of rotatable bonds is 5. The Morgan fingerprint density at radius 2 is 2.25 bits per heavy atom. The number of nitrogens with one attached hydrogen (secondary N) is 2. The molecule has 0 aromatic heterocycles. The largest absolute Gasteiger partial charge is 0.354 e. The molecule has 0 heterocycles. The van der Waals surface area contributed by atoms with E-state index in [0.29, 0.717) is 29.7 Å². The van der Waals surface area contributed by atoms with Crippen molar-refractivity contribution in [1.82, 2.24) is 10.6 Å². The number of nitriles is 1. The molecule has 0 amide bonds. The number of benzene rings is 1. The summed E-state index contributed by atoms with van der Waals surface area (Å²) in [7, 11) is 1.72. The first-order valence-corrected chi connectivity index (χ1v) is 8.98. The van der Waals surface area contributed by atoms with Gasteiger partial charge in [-0.3, -0.25) is 4.99 Å². The topological polar surface area (TPSA) is 60.2 Å². The van der Waals surface area contributed by atoms with E-state index in [-0.39, 0.29) is 29.8 Å². The Bertz CT molecular complexity index is 603. The van der Waals surface area contributed by atoms with Crippen LogP contribution in [0.5, 0.6) is 0 Å². The summed E-state index contributed by atoms with van der Waals surface area (Å²) in [6.07, 6.45) is 3.52. The Hall–Kier alpha value is -1.01. The zero-order valence-corrected chi connectivity index (χ0v) is 17.2. The lowest BCUT2D eigenvalue weighted by atomic mass is 10.1. The van der Waals surface area contributed by atoms with Gasteiger partial charge in [0.1, 0.15) is 5.82 Å².